The molecule has 174 valence electrons. The second kappa shape index (κ2) is 11.7. The highest BCUT2D eigenvalue weighted by Gasteiger charge is 2.15. The van der Waals surface area contributed by atoms with Crippen molar-refractivity contribution in [3.63, 3.8) is 0 Å². The molecular weight excluding hydrogens is 408 g/mol. The van der Waals surface area contributed by atoms with Crippen LogP contribution in [0, 0.1) is 0 Å². The molecule has 10 heteroatoms. The van der Waals surface area contributed by atoms with Crippen LogP contribution in [0.25, 0.3) is 0 Å². The topological polar surface area (TPSA) is 144 Å². The van der Waals surface area contributed by atoms with E-state index in [4.69, 9.17) is 11.5 Å². The van der Waals surface area contributed by atoms with Gasteiger partial charge in [-0.15, -0.1) is 0 Å². The minimum atomic E-state index is -0.550. The quantitative estimate of drug-likeness (QED) is 0.391. The Labute approximate surface area is 188 Å². The summed E-state index contributed by atoms with van der Waals surface area (Å²) in [4.78, 5) is 34.7. The normalized spacial score (nSPS) is 16.0. The first-order valence-corrected chi connectivity index (χ1v) is 11.2. The standard InChI is InChI=1S/C22H34N8O2/c1-16(23)21(31)26-15-17-4-5-19(25-14-17)27-20-8-13-30(22(32)28-20)10-3-2-9-29-11-6-18(24)7-12-29/h4-5,8,13-14,16,18H,2-3,6-7,9-12,15,23-24H2,1H3,(H,26,31)(H,25,27,28,32)/t16-/m1/s1. The SMILES string of the molecule is C[C@@H](N)C(=O)NCc1ccc(Nc2ccn(CCCCN3CCC(N)CC3)c(=O)n2)nc1. The fourth-order valence-corrected chi connectivity index (χ4v) is 3.55. The Bertz CT molecular complexity index is 920. The van der Waals surface area contributed by atoms with Crippen LogP contribution in [-0.4, -0.2) is 57.1 Å². The number of hydrogen-bond donors (Lipinski definition) is 4. The van der Waals surface area contributed by atoms with Crippen molar-refractivity contribution < 1.29 is 4.79 Å². The van der Waals surface area contributed by atoms with Gasteiger partial charge in [0.15, 0.2) is 0 Å². The van der Waals surface area contributed by atoms with Gasteiger partial charge in [0.1, 0.15) is 11.6 Å². The van der Waals surface area contributed by atoms with Crippen LogP contribution in [0.3, 0.4) is 0 Å². The molecule has 32 heavy (non-hydrogen) atoms. The number of nitrogens with zero attached hydrogens (tertiary/aromatic N) is 4. The number of nitrogens with two attached hydrogens (primary N) is 2. The predicted molar refractivity (Wildman–Crippen MR) is 124 cm³/mol. The van der Waals surface area contributed by atoms with Crippen molar-refractivity contribution in [3.8, 4) is 0 Å². The van der Waals surface area contributed by atoms with Crippen LogP contribution in [0.2, 0.25) is 0 Å². The molecule has 3 rings (SSSR count). The maximum Gasteiger partial charge on any atom is 0.349 e. The molecule has 0 spiro atoms. The molecule has 2 aromatic heterocycles. The fraction of sp³-hybridized carbons (Fsp3) is 0.545. The van der Waals surface area contributed by atoms with Gasteiger partial charge in [-0.05, 0) is 69.9 Å². The number of piperidine rings is 1. The van der Waals surface area contributed by atoms with Crippen LogP contribution >= 0.6 is 0 Å². The summed E-state index contributed by atoms with van der Waals surface area (Å²) in [5, 5.41) is 5.77. The monoisotopic (exact) mass is 442 g/mol. The lowest BCUT2D eigenvalue weighted by molar-refractivity contribution is -0.122. The summed E-state index contributed by atoms with van der Waals surface area (Å²) in [6.45, 7) is 5.82. The van der Waals surface area contributed by atoms with Crippen molar-refractivity contribution in [2.75, 3.05) is 25.0 Å². The first-order chi connectivity index (χ1) is 15.4. The molecular formula is C22H34N8O2. The molecule has 1 atom stereocenters. The Hall–Kier alpha value is -2.82. The molecule has 1 fully saturated rings. The summed E-state index contributed by atoms with van der Waals surface area (Å²) < 4.78 is 1.63. The number of anilines is 2. The molecule has 0 unspecified atom stereocenters. The molecule has 0 aliphatic carbocycles. The zero-order chi connectivity index (χ0) is 22.9. The van der Waals surface area contributed by atoms with Crippen LogP contribution in [0.15, 0.2) is 35.4 Å². The van der Waals surface area contributed by atoms with E-state index in [0.29, 0.717) is 30.8 Å². The molecule has 3 heterocycles. The Morgan fingerprint density at radius 3 is 2.59 bits per heavy atom. The maximum absolute atomic E-state index is 12.3. The molecule has 1 saturated heterocycles. The number of unbranched alkanes of at least 4 members (excludes halogenated alkanes) is 1. The smallest absolute Gasteiger partial charge is 0.349 e. The van der Waals surface area contributed by atoms with E-state index >= 15 is 0 Å². The lowest BCUT2D eigenvalue weighted by Crippen LogP contribution is -2.40. The third-order valence-corrected chi connectivity index (χ3v) is 5.59. The number of aryl methyl sites for hydroxylation is 1. The van der Waals surface area contributed by atoms with E-state index in [1.165, 1.54) is 0 Å². The number of hydrogen-bond acceptors (Lipinski definition) is 8. The van der Waals surface area contributed by atoms with Gasteiger partial charge >= 0.3 is 5.69 Å². The van der Waals surface area contributed by atoms with Gasteiger partial charge in [0.2, 0.25) is 5.91 Å². The van der Waals surface area contributed by atoms with E-state index in [1.807, 2.05) is 6.07 Å². The van der Waals surface area contributed by atoms with E-state index in [9.17, 15) is 9.59 Å². The molecule has 6 N–H and O–H groups in total. The summed E-state index contributed by atoms with van der Waals surface area (Å²) in [5.41, 5.74) is 12.0. The third kappa shape index (κ3) is 7.40. The Balaban J connectivity index is 1.43. The molecule has 2 aromatic rings. The van der Waals surface area contributed by atoms with E-state index in [-0.39, 0.29) is 11.6 Å². The van der Waals surface area contributed by atoms with E-state index in [2.05, 4.69) is 25.5 Å². The average molecular weight is 443 g/mol. The fourth-order valence-electron chi connectivity index (χ4n) is 3.55. The molecule has 0 saturated carbocycles. The highest BCUT2D eigenvalue weighted by Crippen LogP contribution is 2.12. The van der Waals surface area contributed by atoms with Gasteiger partial charge < -0.3 is 27.0 Å². The summed E-state index contributed by atoms with van der Waals surface area (Å²) in [6, 6.07) is 5.18. The van der Waals surface area contributed by atoms with E-state index in [1.54, 1.807) is 36.0 Å². The largest absolute Gasteiger partial charge is 0.351 e. The predicted octanol–water partition coefficient (Wildman–Crippen LogP) is 0.549. The molecule has 0 bridgehead atoms. The zero-order valence-corrected chi connectivity index (χ0v) is 18.7. The number of nitrogens with one attached hydrogen (secondary N) is 2. The van der Waals surface area contributed by atoms with Gasteiger partial charge in [-0.2, -0.15) is 4.98 Å². The highest BCUT2D eigenvalue weighted by molar-refractivity contribution is 5.80. The Morgan fingerprint density at radius 1 is 1.19 bits per heavy atom. The number of amides is 1. The number of carbonyl (C=O) groups excluding carboxylic acids is 1. The van der Waals surface area contributed by atoms with Gasteiger partial charge in [-0.1, -0.05) is 6.07 Å². The van der Waals surface area contributed by atoms with Gasteiger partial charge in [-0.25, -0.2) is 9.78 Å². The van der Waals surface area contributed by atoms with Crippen molar-refractivity contribution in [1.29, 1.82) is 0 Å². The van der Waals surface area contributed by atoms with Gasteiger partial charge in [0, 0.05) is 31.5 Å². The molecule has 10 nitrogen and oxygen atoms in total. The second-order valence-electron chi connectivity index (χ2n) is 8.36. The minimum Gasteiger partial charge on any atom is -0.351 e. The maximum atomic E-state index is 12.3. The molecule has 0 radical (unpaired) electrons. The molecule has 0 aromatic carbocycles. The average Bonchev–Trinajstić information content (AvgIpc) is 2.78. The van der Waals surface area contributed by atoms with Crippen LogP contribution in [0.5, 0.6) is 0 Å². The lowest BCUT2D eigenvalue weighted by Gasteiger charge is -2.29. The van der Waals surface area contributed by atoms with Gasteiger partial charge in [-0.3, -0.25) is 9.36 Å². The number of aromatic nitrogens is 3. The van der Waals surface area contributed by atoms with Crippen molar-refractivity contribution in [2.24, 2.45) is 11.5 Å². The van der Waals surface area contributed by atoms with Crippen molar-refractivity contribution in [2.45, 2.75) is 57.8 Å². The van der Waals surface area contributed by atoms with Crippen LogP contribution in [0.1, 0.15) is 38.2 Å². The lowest BCUT2D eigenvalue weighted by atomic mass is 10.1. The minimum absolute atomic E-state index is 0.215. The first-order valence-electron chi connectivity index (χ1n) is 11.2. The first kappa shape index (κ1) is 23.8. The summed E-state index contributed by atoms with van der Waals surface area (Å²) in [5.74, 6) is 0.799. The zero-order valence-electron chi connectivity index (χ0n) is 18.7. The summed E-state index contributed by atoms with van der Waals surface area (Å²) in [6.07, 6.45) is 7.53. The number of carbonyl (C=O) groups is 1. The molecule has 1 amide bonds. The third-order valence-electron chi connectivity index (χ3n) is 5.59. The number of likely N-dealkylation sites (tertiary alicyclic amines) is 1. The van der Waals surface area contributed by atoms with Gasteiger partial charge in [0.05, 0.1) is 6.04 Å². The molecule has 1 aliphatic rings. The van der Waals surface area contributed by atoms with Crippen molar-refractivity contribution in [3.05, 3.63) is 46.6 Å². The van der Waals surface area contributed by atoms with Crippen molar-refractivity contribution in [1.82, 2.24) is 24.8 Å². The second-order valence-corrected chi connectivity index (χ2v) is 8.36. The highest BCUT2D eigenvalue weighted by atomic mass is 16.2. The molecule has 1 aliphatic heterocycles. The summed E-state index contributed by atoms with van der Waals surface area (Å²) >= 11 is 0. The Morgan fingerprint density at radius 2 is 1.94 bits per heavy atom. The Kier molecular flexibility index (Phi) is 8.72. The van der Waals surface area contributed by atoms with Crippen LogP contribution in [0.4, 0.5) is 11.6 Å². The van der Waals surface area contributed by atoms with E-state index in [0.717, 1.165) is 50.9 Å². The number of rotatable bonds is 10. The van der Waals surface area contributed by atoms with Crippen LogP contribution in [-0.2, 0) is 17.9 Å². The van der Waals surface area contributed by atoms with Crippen LogP contribution < -0.4 is 27.8 Å². The van der Waals surface area contributed by atoms with Gasteiger partial charge in [0.25, 0.3) is 0 Å². The van der Waals surface area contributed by atoms with Crippen molar-refractivity contribution >= 4 is 17.5 Å². The number of pyridine rings is 1. The summed E-state index contributed by atoms with van der Waals surface area (Å²) in [7, 11) is 0. The van der Waals surface area contributed by atoms with E-state index < -0.39 is 6.04 Å².